The average Bonchev–Trinajstić information content (AvgIpc) is 2.77. The Morgan fingerprint density at radius 3 is 1.59 bits per heavy atom. The van der Waals surface area contributed by atoms with E-state index in [4.69, 9.17) is 0 Å². The number of carbonyl (C=O) groups is 2. The molecule has 37 heavy (non-hydrogen) atoms. The van der Waals surface area contributed by atoms with E-state index in [1.54, 1.807) is 20.8 Å². The molecule has 2 amide bonds. The molecule has 10 heteroatoms. The van der Waals surface area contributed by atoms with E-state index >= 15 is 0 Å². The molecule has 0 bridgehead atoms. The molecule has 196 valence electrons. The normalized spacial score (nSPS) is 12.3. The van der Waals surface area contributed by atoms with Crippen LogP contribution in [0, 0.1) is 6.92 Å². The predicted molar refractivity (Wildman–Crippen MR) is 128 cm³/mol. The summed E-state index contributed by atoms with van der Waals surface area (Å²) in [7, 11) is 0. The maximum atomic E-state index is 13.9. The summed E-state index contributed by atoms with van der Waals surface area (Å²) in [5.41, 5.74) is -3.92. The Hall–Kier alpha value is -3.82. The number of rotatable bonds is 4. The van der Waals surface area contributed by atoms with E-state index in [0.717, 1.165) is 24.3 Å². The number of aryl methyl sites for hydroxylation is 1. The molecule has 0 aliphatic rings. The maximum absolute atomic E-state index is 13.9. The lowest BCUT2D eigenvalue weighted by Crippen LogP contribution is -2.40. The molecule has 0 saturated heterocycles. The fourth-order valence-electron chi connectivity index (χ4n) is 3.61. The third-order valence-corrected chi connectivity index (χ3v) is 5.25. The Morgan fingerprint density at radius 2 is 1.11 bits per heavy atom. The average molecular weight is 522 g/mol. The van der Waals surface area contributed by atoms with Crippen molar-refractivity contribution in [1.82, 2.24) is 5.32 Å². The van der Waals surface area contributed by atoms with Crippen molar-refractivity contribution in [3.8, 4) is 11.1 Å². The quantitative estimate of drug-likeness (QED) is 0.349. The van der Waals surface area contributed by atoms with Gasteiger partial charge in [-0.15, -0.1) is 0 Å². The number of alkyl halides is 6. The van der Waals surface area contributed by atoms with E-state index < -0.39 is 46.1 Å². The van der Waals surface area contributed by atoms with Gasteiger partial charge in [-0.1, -0.05) is 23.8 Å². The summed E-state index contributed by atoms with van der Waals surface area (Å²) < 4.78 is 82.4. The highest BCUT2D eigenvalue weighted by molar-refractivity contribution is 6.05. The van der Waals surface area contributed by atoms with E-state index in [0.29, 0.717) is 6.07 Å². The molecule has 3 aromatic carbocycles. The summed E-state index contributed by atoms with van der Waals surface area (Å²) in [4.78, 5) is 24.9. The lowest BCUT2D eigenvalue weighted by atomic mass is 9.93. The van der Waals surface area contributed by atoms with Gasteiger partial charge < -0.3 is 10.6 Å². The summed E-state index contributed by atoms with van der Waals surface area (Å²) >= 11 is 0. The van der Waals surface area contributed by atoms with Crippen LogP contribution in [0.3, 0.4) is 0 Å². The van der Waals surface area contributed by atoms with Crippen LogP contribution >= 0.6 is 0 Å². The van der Waals surface area contributed by atoms with Crippen molar-refractivity contribution >= 4 is 17.5 Å². The SMILES string of the molecule is Cc1ccc(-c2ccc(NC(=O)c3ccc(C(=O)NC(C)(C)C)cc3)cc2C(F)(F)F)c(C(F)(F)F)c1. The molecule has 0 aliphatic carbocycles. The number of hydrogen-bond acceptors (Lipinski definition) is 2. The van der Waals surface area contributed by atoms with Crippen LogP contribution in [0.15, 0.2) is 60.7 Å². The predicted octanol–water partition coefficient (Wildman–Crippen LogP) is 7.48. The first-order chi connectivity index (χ1) is 17.0. The molecule has 3 aromatic rings. The third kappa shape index (κ3) is 6.90. The lowest BCUT2D eigenvalue weighted by molar-refractivity contribution is -0.139. The second-order valence-corrected chi connectivity index (χ2v) is 9.54. The zero-order valence-corrected chi connectivity index (χ0v) is 20.4. The Kier molecular flexibility index (Phi) is 7.44. The van der Waals surface area contributed by atoms with Crippen molar-refractivity contribution in [3.05, 3.63) is 88.5 Å². The van der Waals surface area contributed by atoms with Crippen LogP contribution in [-0.4, -0.2) is 17.4 Å². The number of hydrogen-bond donors (Lipinski definition) is 2. The molecule has 0 spiro atoms. The maximum Gasteiger partial charge on any atom is 0.417 e. The van der Waals surface area contributed by atoms with Crippen molar-refractivity contribution in [3.63, 3.8) is 0 Å². The largest absolute Gasteiger partial charge is 0.417 e. The molecule has 4 nitrogen and oxygen atoms in total. The van der Waals surface area contributed by atoms with Gasteiger partial charge in [-0.2, -0.15) is 26.3 Å². The van der Waals surface area contributed by atoms with Gasteiger partial charge >= 0.3 is 12.4 Å². The molecule has 2 N–H and O–H groups in total. The molecule has 0 fully saturated rings. The molecule has 3 rings (SSSR count). The molecule has 0 saturated carbocycles. The van der Waals surface area contributed by atoms with Gasteiger partial charge in [0, 0.05) is 22.4 Å². The Labute approximate surface area is 209 Å². The lowest BCUT2D eigenvalue weighted by Gasteiger charge is -2.20. The smallest absolute Gasteiger partial charge is 0.347 e. The van der Waals surface area contributed by atoms with Crippen LogP contribution in [0.25, 0.3) is 11.1 Å². The summed E-state index contributed by atoms with van der Waals surface area (Å²) in [6, 6.07) is 11.2. The molecule has 0 atom stereocenters. The summed E-state index contributed by atoms with van der Waals surface area (Å²) in [5.74, 6) is -1.12. The Morgan fingerprint density at radius 1 is 0.649 bits per heavy atom. The van der Waals surface area contributed by atoms with Crippen molar-refractivity contribution in [2.45, 2.75) is 45.6 Å². The highest BCUT2D eigenvalue weighted by Crippen LogP contribution is 2.43. The zero-order chi connectivity index (χ0) is 27.8. The molecular weight excluding hydrogens is 498 g/mol. The minimum atomic E-state index is -4.99. The van der Waals surface area contributed by atoms with Gasteiger partial charge in [0.05, 0.1) is 11.1 Å². The summed E-state index contributed by atoms with van der Waals surface area (Å²) in [5, 5.41) is 5.09. The van der Waals surface area contributed by atoms with Gasteiger partial charge in [-0.3, -0.25) is 9.59 Å². The van der Waals surface area contributed by atoms with E-state index in [-0.39, 0.29) is 28.3 Å². The monoisotopic (exact) mass is 522 g/mol. The van der Waals surface area contributed by atoms with Gasteiger partial charge in [-0.05, 0) is 81.3 Å². The van der Waals surface area contributed by atoms with Crippen molar-refractivity contribution in [2.24, 2.45) is 0 Å². The van der Waals surface area contributed by atoms with Crippen molar-refractivity contribution in [2.75, 3.05) is 5.32 Å². The van der Waals surface area contributed by atoms with E-state index in [1.807, 2.05) is 0 Å². The molecule has 0 radical (unpaired) electrons. The summed E-state index contributed by atoms with van der Waals surface area (Å²) in [6.45, 7) is 6.81. The van der Waals surface area contributed by atoms with Gasteiger partial charge in [0.25, 0.3) is 11.8 Å². The van der Waals surface area contributed by atoms with E-state index in [1.165, 1.54) is 37.3 Å². The second kappa shape index (κ2) is 9.91. The fraction of sp³-hybridized carbons (Fsp3) is 0.259. The van der Waals surface area contributed by atoms with Crippen LogP contribution in [0.4, 0.5) is 32.0 Å². The summed E-state index contributed by atoms with van der Waals surface area (Å²) in [6.07, 6.45) is -9.86. The molecule has 0 unspecified atom stereocenters. The molecule has 0 aromatic heterocycles. The number of amides is 2. The van der Waals surface area contributed by atoms with Crippen LogP contribution in [0.1, 0.15) is 58.2 Å². The van der Waals surface area contributed by atoms with Crippen LogP contribution in [0.5, 0.6) is 0 Å². The third-order valence-electron chi connectivity index (χ3n) is 5.25. The number of anilines is 1. The van der Waals surface area contributed by atoms with E-state index in [2.05, 4.69) is 10.6 Å². The van der Waals surface area contributed by atoms with E-state index in [9.17, 15) is 35.9 Å². The first kappa shape index (κ1) is 27.8. The topological polar surface area (TPSA) is 58.2 Å². The first-order valence-corrected chi connectivity index (χ1v) is 11.1. The van der Waals surface area contributed by atoms with Gasteiger partial charge in [0.1, 0.15) is 0 Å². The standard InChI is InChI=1S/C27H24F6N2O2/c1-15-5-11-19(21(13-15)26(28,29)30)20-12-10-18(14-22(20)27(31,32)33)34-23(36)16-6-8-17(9-7-16)24(37)35-25(2,3)4/h5-14H,1-4H3,(H,34,36)(H,35,37). The van der Waals surface area contributed by atoms with Crippen LogP contribution in [0.2, 0.25) is 0 Å². The van der Waals surface area contributed by atoms with Gasteiger partial charge in [-0.25, -0.2) is 0 Å². The Bertz CT molecular complexity index is 1320. The number of carbonyl (C=O) groups excluding carboxylic acids is 2. The first-order valence-electron chi connectivity index (χ1n) is 11.1. The number of halogens is 6. The zero-order valence-electron chi connectivity index (χ0n) is 20.4. The highest BCUT2D eigenvalue weighted by Gasteiger charge is 2.38. The van der Waals surface area contributed by atoms with Gasteiger partial charge in [0.2, 0.25) is 0 Å². The minimum Gasteiger partial charge on any atom is -0.347 e. The molecule has 0 heterocycles. The Balaban J connectivity index is 1.93. The van der Waals surface area contributed by atoms with Crippen LogP contribution < -0.4 is 10.6 Å². The van der Waals surface area contributed by atoms with Crippen molar-refractivity contribution in [1.29, 1.82) is 0 Å². The second-order valence-electron chi connectivity index (χ2n) is 9.54. The molecule has 0 aliphatic heterocycles. The van der Waals surface area contributed by atoms with Gasteiger partial charge in [0.15, 0.2) is 0 Å². The fourth-order valence-corrected chi connectivity index (χ4v) is 3.61. The van der Waals surface area contributed by atoms with Crippen LogP contribution in [-0.2, 0) is 12.4 Å². The number of benzene rings is 3. The highest BCUT2D eigenvalue weighted by atomic mass is 19.4. The molecular formula is C27H24F6N2O2. The number of nitrogens with one attached hydrogen (secondary N) is 2. The van der Waals surface area contributed by atoms with Crippen molar-refractivity contribution < 1.29 is 35.9 Å². The minimum absolute atomic E-state index is 0.0721.